The molecule has 1 saturated carbocycles. The maximum absolute atomic E-state index is 13.6. The number of amides is 1. The lowest BCUT2D eigenvalue weighted by Gasteiger charge is -2.45. The van der Waals surface area contributed by atoms with Gasteiger partial charge in [0, 0.05) is 36.9 Å². The number of hydrogen-bond acceptors (Lipinski definition) is 10. The third kappa shape index (κ3) is 9.36. The van der Waals surface area contributed by atoms with Crippen molar-refractivity contribution in [2.45, 2.75) is 78.9 Å². The fourth-order valence-electron chi connectivity index (χ4n) is 5.30. The zero-order valence-electron chi connectivity index (χ0n) is 27.0. The average Bonchev–Trinajstić information content (AvgIpc) is 3.69. The molecule has 2 fully saturated rings. The SMILES string of the molecule is Cc1nc(C(=O)N(C(C)(C)C)C(C)(C)C)ncc1-c1nc(N2CCOCC2)c2nc(Cl)n(CC3CC3)c2n1.O=C(O)O.O=C(O)O. The van der Waals surface area contributed by atoms with Crippen molar-refractivity contribution in [3.8, 4) is 11.4 Å². The maximum atomic E-state index is 13.6. The number of imidazole rings is 1. The van der Waals surface area contributed by atoms with Gasteiger partial charge in [-0.25, -0.2) is 34.5 Å². The highest BCUT2D eigenvalue weighted by Crippen LogP contribution is 2.36. The first-order chi connectivity index (χ1) is 21.3. The van der Waals surface area contributed by atoms with E-state index in [1.165, 1.54) is 12.8 Å². The first kappa shape index (κ1) is 36.2. The summed E-state index contributed by atoms with van der Waals surface area (Å²) in [6, 6.07) is 0. The van der Waals surface area contributed by atoms with Gasteiger partial charge in [-0.1, -0.05) is 0 Å². The molecular weight excluding hydrogens is 624 g/mol. The molecule has 0 spiro atoms. The number of hydrogen-bond donors (Lipinski definition) is 4. The average molecular weight is 665 g/mol. The zero-order valence-corrected chi connectivity index (χ0v) is 27.7. The Balaban J connectivity index is 0.000000647. The summed E-state index contributed by atoms with van der Waals surface area (Å²) in [6.07, 6.45) is 0.367. The lowest BCUT2D eigenvalue weighted by atomic mass is 9.95. The first-order valence-corrected chi connectivity index (χ1v) is 15.0. The van der Waals surface area contributed by atoms with E-state index in [1.807, 2.05) is 57.9 Å². The highest BCUT2D eigenvalue weighted by molar-refractivity contribution is 6.29. The number of carboxylic acid groups (broad SMARTS) is 4. The van der Waals surface area contributed by atoms with Gasteiger partial charge in [-0.15, -0.1) is 0 Å². The molecule has 1 amide bonds. The number of anilines is 1. The molecule has 0 radical (unpaired) electrons. The van der Waals surface area contributed by atoms with E-state index in [0.717, 1.165) is 12.4 Å². The number of nitrogens with zero attached hydrogens (tertiary/aromatic N) is 8. The van der Waals surface area contributed by atoms with Crippen LogP contribution in [0, 0.1) is 12.8 Å². The molecule has 0 unspecified atom stereocenters. The molecule has 252 valence electrons. The molecule has 1 saturated heterocycles. The molecule has 3 aromatic rings. The normalized spacial score (nSPS) is 14.9. The lowest BCUT2D eigenvalue weighted by molar-refractivity contribution is 0.0258. The topological polar surface area (TPSA) is 217 Å². The summed E-state index contributed by atoms with van der Waals surface area (Å²) in [5, 5.41) is 28.3. The number of halogens is 1. The van der Waals surface area contributed by atoms with Crippen molar-refractivity contribution in [2.75, 3.05) is 31.2 Å². The minimum absolute atomic E-state index is 0.160. The molecule has 0 aromatic carbocycles. The smallest absolute Gasteiger partial charge is 0.450 e. The van der Waals surface area contributed by atoms with Gasteiger partial charge in [0.1, 0.15) is 0 Å². The van der Waals surface area contributed by atoms with Crippen LogP contribution in [0.5, 0.6) is 0 Å². The Labute approximate surface area is 271 Å². The second-order valence-electron chi connectivity index (χ2n) is 12.8. The van der Waals surface area contributed by atoms with Crippen LogP contribution >= 0.6 is 11.6 Å². The van der Waals surface area contributed by atoms with Gasteiger partial charge in [-0.2, -0.15) is 0 Å². The summed E-state index contributed by atoms with van der Waals surface area (Å²) in [6.45, 7) is 17.4. The third-order valence-electron chi connectivity index (χ3n) is 6.93. The maximum Gasteiger partial charge on any atom is 0.503 e. The van der Waals surface area contributed by atoms with Crippen LogP contribution < -0.4 is 4.90 Å². The zero-order chi connectivity index (χ0) is 34.6. The van der Waals surface area contributed by atoms with Crippen LogP contribution in [0.25, 0.3) is 22.6 Å². The van der Waals surface area contributed by atoms with Gasteiger partial charge in [-0.05, 0) is 78.8 Å². The van der Waals surface area contributed by atoms with Crippen LogP contribution in [-0.2, 0) is 11.3 Å². The number of carbonyl (C=O) groups excluding carboxylic acids is 1. The van der Waals surface area contributed by atoms with E-state index >= 15 is 0 Å². The van der Waals surface area contributed by atoms with Crippen molar-refractivity contribution in [2.24, 2.45) is 5.92 Å². The number of aromatic nitrogens is 6. The number of fused-ring (bicyclic) bond motifs is 1. The van der Waals surface area contributed by atoms with Gasteiger partial charge < -0.3 is 35.0 Å². The van der Waals surface area contributed by atoms with Crippen LogP contribution in [0.1, 0.15) is 70.7 Å². The number of morpholine rings is 1. The van der Waals surface area contributed by atoms with Crippen molar-refractivity contribution in [3.05, 3.63) is 23.0 Å². The number of aryl methyl sites for hydroxylation is 1. The standard InChI is InChI=1S/C27H37ClN8O2.2CH2O3/c1-16-18(14-29-21(30-16)24(37)36(26(2,3)4)27(5,6)7)20-32-22(34-10-12-38-13-11-34)19-23(33-20)35(25(28)31-19)15-17-8-9-17;2*2-1(3)4/h14,17H,8-13,15H2,1-7H3;2*(H2,2,3,4). The van der Waals surface area contributed by atoms with Crippen LogP contribution in [0.2, 0.25) is 5.28 Å². The monoisotopic (exact) mass is 664 g/mol. The molecule has 3 aromatic heterocycles. The second kappa shape index (κ2) is 14.4. The molecule has 2 aliphatic rings. The summed E-state index contributed by atoms with van der Waals surface area (Å²) in [5.41, 5.74) is 1.92. The Morgan fingerprint density at radius 2 is 1.48 bits per heavy atom. The largest absolute Gasteiger partial charge is 0.503 e. The van der Waals surface area contributed by atoms with Crippen molar-refractivity contribution in [1.29, 1.82) is 0 Å². The predicted octanol–water partition coefficient (Wildman–Crippen LogP) is 4.98. The molecule has 1 aliphatic carbocycles. The van der Waals surface area contributed by atoms with E-state index in [-0.39, 0.29) is 11.7 Å². The minimum Gasteiger partial charge on any atom is -0.450 e. The Kier molecular flexibility index (Phi) is 11.3. The Bertz CT molecular complexity index is 1540. The fraction of sp³-hybridized carbons (Fsp3) is 0.586. The summed E-state index contributed by atoms with van der Waals surface area (Å²) in [7, 11) is 0. The highest BCUT2D eigenvalue weighted by Gasteiger charge is 2.37. The highest BCUT2D eigenvalue weighted by atomic mass is 35.5. The van der Waals surface area contributed by atoms with E-state index in [0.29, 0.717) is 65.8 Å². The van der Waals surface area contributed by atoms with Crippen molar-refractivity contribution >= 4 is 46.8 Å². The molecule has 4 N–H and O–H groups in total. The molecular formula is C29H41ClN8O8. The van der Waals surface area contributed by atoms with E-state index in [2.05, 4.69) is 19.9 Å². The fourth-order valence-corrected chi connectivity index (χ4v) is 5.53. The number of rotatable bonds is 5. The van der Waals surface area contributed by atoms with Crippen molar-refractivity contribution in [1.82, 2.24) is 34.4 Å². The first-order valence-electron chi connectivity index (χ1n) is 14.6. The second-order valence-corrected chi connectivity index (χ2v) is 13.2. The van der Waals surface area contributed by atoms with Gasteiger partial charge in [0.25, 0.3) is 5.91 Å². The lowest BCUT2D eigenvalue weighted by Crippen LogP contribution is -2.56. The molecule has 1 aliphatic heterocycles. The van der Waals surface area contributed by atoms with Crippen LogP contribution in [0.3, 0.4) is 0 Å². The minimum atomic E-state index is -1.83. The van der Waals surface area contributed by atoms with Gasteiger partial charge in [-0.3, -0.25) is 9.36 Å². The molecule has 17 heteroatoms. The summed E-state index contributed by atoms with van der Waals surface area (Å²) >= 11 is 6.61. The molecule has 4 heterocycles. The van der Waals surface area contributed by atoms with Crippen molar-refractivity contribution < 1.29 is 39.5 Å². The van der Waals surface area contributed by atoms with E-state index in [9.17, 15) is 4.79 Å². The van der Waals surface area contributed by atoms with Crippen LogP contribution in [0.4, 0.5) is 15.4 Å². The van der Waals surface area contributed by atoms with Gasteiger partial charge in [0.15, 0.2) is 22.8 Å². The van der Waals surface area contributed by atoms with Crippen molar-refractivity contribution in [3.63, 3.8) is 0 Å². The summed E-state index contributed by atoms with van der Waals surface area (Å²) < 4.78 is 7.56. The van der Waals surface area contributed by atoms with Gasteiger partial charge in [0.05, 0.1) is 24.5 Å². The van der Waals surface area contributed by atoms with Gasteiger partial charge in [0.2, 0.25) is 11.1 Å². The Hall–Kier alpha value is -4.31. The van der Waals surface area contributed by atoms with E-state index in [4.69, 9.17) is 56.3 Å². The van der Waals surface area contributed by atoms with Crippen LogP contribution in [0.15, 0.2) is 6.20 Å². The third-order valence-corrected chi connectivity index (χ3v) is 7.22. The van der Waals surface area contributed by atoms with Crippen LogP contribution in [-0.4, -0.2) is 110 Å². The summed E-state index contributed by atoms with van der Waals surface area (Å²) in [4.78, 5) is 58.3. The molecule has 0 bridgehead atoms. The molecule has 0 atom stereocenters. The Morgan fingerprint density at radius 3 is 1.96 bits per heavy atom. The predicted molar refractivity (Wildman–Crippen MR) is 169 cm³/mol. The summed E-state index contributed by atoms with van der Waals surface area (Å²) in [5.74, 6) is 1.77. The number of carbonyl (C=O) groups is 3. The molecule has 46 heavy (non-hydrogen) atoms. The van der Waals surface area contributed by atoms with Gasteiger partial charge >= 0.3 is 12.3 Å². The van der Waals surface area contributed by atoms with E-state index < -0.39 is 23.4 Å². The number of ether oxygens (including phenoxy) is 1. The molecule has 5 rings (SSSR count). The quantitative estimate of drug-likeness (QED) is 0.265. The molecule has 16 nitrogen and oxygen atoms in total. The Morgan fingerprint density at radius 1 is 0.935 bits per heavy atom. The van der Waals surface area contributed by atoms with E-state index in [1.54, 1.807) is 6.20 Å².